The predicted molar refractivity (Wildman–Crippen MR) is 65.1 cm³/mol. The summed E-state index contributed by atoms with van der Waals surface area (Å²) in [5.74, 6) is -2.70. The van der Waals surface area contributed by atoms with E-state index in [2.05, 4.69) is 5.48 Å². The molecule has 0 radical (unpaired) electrons. The Bertz CT molecular complexity index is 573. The van der Waals surface area contributed by atoms with Gasteiger partial charge in [0.05, 0.1) is 6.61 Å². The molecule has 0 atom stereocenters. The minimum atomic E-state index is -1.07. The van der Waals surface area contributed by atoms with Crippen LogP contribution in [-0.4, -0.2) is 5.91 Å². The number of carbonyl (C=O) groups excluding carboxylic acids is 1. The number of halogens is 2. The van der Waals surface area contributed by atoms with Crippen LogP contribution < -0.4 is 5.48 Å². The lowest BCUT2D eigenvalue weighted by atomic mass is 10.2. The van der Waals surface area contributed by atoms with E-state index in [-0.39, 0.29) is 12.2 Å². The third-order valence-corrected chi connectivity index (χ3v) is 2.43. The fourth-order valence-electron chi connectivity index (χ4n) is 1.46. The lowest BCUT2D eigenvalue weighted by molar-refractivity contribution is 0.0233. The first-order chi connectivity index (χ1) is 9.16. The van der Waals surface area contributed by atoms with Gasteiger partial charge in [0, 0.05) is 5.56 Å². The summed E-state index contributed by atoms with van der Waals surface area (Å²) in [6, 6.07) is 12.1. The summed E-state index contributed by atoms with van der Waals surface area (Å²) < 4.78 is 25.6. The molecule has 5 heteroatoms. The van der Waals surface area contributed by atoms with Crippen molar-refractivity contribution in [1.82, 2.24) is 5.48 Å². The van der Waals surface area contributed by atoms with Crippen LogP contribution in [0.25, 0.3) is 0 Å². The highest BCUT2D eigenvalue weighted by Crippen LogP contribution is 2.08. The predicted octanol–water partition coefficient (Wildman–Crippen LogP) is 2.83. The number of hydroxylamine groups is 1. The highest BCUT2D eigenvalue weighted by Gasteiger charge is 2.09. The SMILES string of the molecule is O=C(NOCc1ccccc1)c1ccc(F)c(F)c1. The van der Waals surface area contributed by atoms with Crippen LogP contribution in [0.15, 0.2) is 48.5 Å². The van der Waals surface area contributed by atoms with Crippen LogP contribution in [0.2, 0.25) is 0 Å². The molecule has 0 aromatic heterocycles. The highest BCUT2D eigenvalue weighted by molar-refractivity contribution is 5.93. The molecule has 98 valence electrons. The van der Waals surface area contributed by atoms with Gasteiger partial charge in [0.25, 0.3) is 5.91 Å². The summed E-state index contributed by atoms with van der Waals surface area (Å²) in [6.07, 6.45) is 0. The molecule has 0 aliphatic rings. The van der Waals surface area contributed by atoms with Crippen LogP contribution >= 0.6 is 0 Å². The molecule has 0 spiro atoms. The number of nitrogens with one attached hydrogen (secondary N) is 1. The standard InChI is InChI=1S/C14H11F2NO2/c15-12-7-6-11(8-13(12)16)14(18)17-19-9-10-4-2-1-3-5-10/h1-8H,9H2,(H,17,18). The highest BCUT2D eigenvalue weighted by atomic mass is 19.2. The minimum absolute atomic E-state index is 0.00744. The first-order valence-electron chi connectivity index (χ1n) is 5.58. The zero-order valence-corrected chi connectivity index (χ0v) is 9.90. The van der Waals surface area contributed by atoms with E-state index in [9.17, 15) is 13.6 Å². The van der Waals surface area contributed by atoms with Gasteiger partial charge in [-0.3, -0.25) is 9.63 Å². The van der Waals surface area contributed by atoms with E-state index >= 15 is 0 Å². The van der Waals surface area contributed by atoms with Crippen molar-refractivity contribution in [1.29, 1.82) is 0 Å². The van der Waals surface area contributed by atoms with Gasteiger partial charge < -0.3 is 0 Å². The molecular weight excluding hydrogens is 252 g/mol. The Morgan fingerprint density at radius 1 is 1.05 bits per heavy atom. The molecule has 2 aromatic rings. The van der Waals surface area contributed by atoms with Crippen LogP contribution in [0.5, 0.6) is 0 Å². The van der Waals surface area contributed by atoms with Crippen LogP contribution in [-0.2, 0) is 11.4 Å². The number of hydrogen-bond acceptors (Lipinski definition) is 2. The smallest absolute Gasteiger partial charge is 0.269 e. The molecule has 0 heterocycles. The van der Waals surface area contributed by atoms with Crippen molar-refractivity contribution in [2.45, 2.75) is 6.61 Å². The second kappa shape index (κ2) is 6.06. The topological polar surface area (TPSA) is 38.3 Å². The average molecular weight is 263 g/mol. The molecule has 0 saturated carbocycles. The second-order valence-corrected chi connectivity index (χ2v) is 3.83. The molecular formula is C14H11F2NO2. The number of rotatable bonds is 4. The van der Waals surface area contributed by atoms with Gasteiger partial charge in [0.15, 0.2) is 11.6 Å². The third-order valence-electron chi connectivity index (χ3n) is 2.43. The van der Waals surface area contributed by atoms with Crippen molar-refractivity contribution in [3.8, 4) is 0 Å². The molecule has 0 aliphatic carbocycles. The normalized spacial score (nSPS) is 10.2. The zero-order chi connectivity index (χ0) is 13.7. The van der Waals surface area contributed by atoms with Gasteiger partial charge in [-0.2, -0.15) is 0 Å². The number of hydrogen-bond donors (Lipinski definition) is 1. The number of benzene rings is 2. The third kappa shape index (κ3) is 3.59. The van der Waals surface area contributed by atoms with Crippen molar-refractivity contribution in [2.24, 2.45) is 0 Å². The number of carbonyl (C=O) groups is 1. The van der Waals surface area contributed by atoms with Gasteiger partial charge in [-0.1, -0.05) is 30.3 Å². The van der Waals surface area contributed by atoms with Crippen LogP contribution in [0.3, 0.4) is 0 Å². The number of amides is 1. The van der Waals surface area contributed by atoms with E-state index < -0.39 is 17.5 Å². The van der Waals surface area contributed by atoms with E-state index in [1.807, 2.05) is 30.3 Å². The summed E-state index contributed by atoms with van der Waals surface area (Å²) >= 11 is 0. The fraction of sp³-hybridized carbons (Fsp3) is 0.0714. The lowest BCUT2D eigenvalue weighted by Gasteiger charge is -2.06. The van der Waals surface area contributed by atoms with Gasteiger partial charge in [-0.25, -0.2) is 14.3 Å². The molecule has 0 aliphatic heterocycles. The molecule has 0 unspecified atom stereocenters. The summed E-state index contributed by atoms with van der Waals surface area (Å²) in [4.78, 5) is 16.6. The van der Waals surface area contributed by atoms with E-state index in [1.54, 1.807) is 0 Å². The van der Waals surface area contributed by atoms with Gasteiger partial charge in [-0.05, 0) is 23.8 Å². The quantitative estimate of drug-likeness (QED) is 0.861. The van der Waals surface area contributed by atoms with Crippen molar-refractivity contribution in [2.75, 3.05) is 0 Å². The first kappa shape index (κ1) is 13.2. The summed E-state index contributed by atoms with van der Waals surface area (Å²) in [7, 11) is 0. The maximum Gasteiger partial charge on any atom is 0.274 e. The summed E-state index contributed by atoms with van der Waals surface area (Å²) in [5.41, 5.74) is 3.04. The van der Waals surface area contributed by atoms with E-state index in [1.165, 1.54) is 6.07 Å². The maximum atomic E-state index is 12.9. The molecule has 1 amide bonds. The van der Waals surface area contributed by atoms with Gasteiger partial charge in [0.2, 0.25) is 0 Å². The average Bonchev–Trinajstić information content (AvgIpc) is 2.43. The first-order valence-corrected chi connectivity index (χ1v) is 5.58. The monoisotopic (exact) mass is 263 g/mol. The van der Waals surface area contributed by atoms with Crippen LogP contribution in [0.1, 0.15) is 15.9 Å². The molecule has 19 heavy (non-hydrogen) atoms. The Labute approximate surface area is 108 Å². The van der Waals surface area contributed by atoms with Gasteiger partial charge >= 0.3 is 0 Å². The molecule has 3 nitrogen and oxygen atoms in total. The van der Waals surface area contributed by atoms with Crippen molar-refractivity contribution in [3.05, 3.63) is 71.3 Å². The zero-order valence-electron chi connectivity index (χ0n) is 9.90. The molecule has 0 bridgehead atoms. The maximum absolute atomic E-state index is 12.9. The molecule has 0 saturated heterocycles. The Hall–Kier alpha value is -2.27. The lowest BCUT2D eigenvalue weighted by Crippen LogP contribution is -2.23. The van der Waals surface area contributed by atoms with Crippen LogP contribution in [0, 0.1) is 11.6 Å². The Kier molecular flexibility index (Phi) is 4.20. The van der Waals surface area contributed by atoms with E-state index in [4.69, 9.17) is 4.84 Å². The van der Waals surface area contributed by atoms with E-state index in [0.29, 0.717) is 0 Å². The fourth-order valence-corrected chi connectivity index (χ4v) is 1.46. The summed E-state index contributed by atoms with van der Waals surface area (Å²) in [6.45, 7) is 0.191. The Morgan fingerprint density at radius 2 is 1.79 bits per heavy atom. The Balaban J connectivity index is 1.89. The van der Waals surface area contributed by atoms with Crippen molar-refractivity contribution in [3.63, 3.8) is 0 Å². The van der Waals surface area contributed by atoms with Gasteiger partial charge in [-0.15, -0.1) is 0 Å². The van der Waals surface area contributed by atoms with Gasteiger partial charge in [0.1, 0.15) is 0 Å². The molecule has 0 fully saturated rings. The second-order valence-electron chi connectivity index (χ2n) is 3.83. The Morgan fingerprint density at radius 3 is 2.47 bits per heavy atom. The van der Waals surface area contributed by atoms with Crippen LogP contribution in [0.4, 0.5) is 8.78 Å². The molecule has 2 rings (SSSR count). The van der Waals surface area contributed by atoms with Crippen molar-refractivity contribution >= 4 is 5.91 Å². The summed E-state index contributed by atoms with van der Waals surface area (Å²) in [5, 5.41) is 0. The molecule has 2 aromatic carbocycles. The van der Waals surface area contributed by atoms with E-state index in [0.717, 1.165) is 17.7 Å². The largest absolute Gasteiger partial charge is 0.274 e. The van der Waals surface area contributed by atoms with Crippen molar-refractivity contribution < 1.29 is 18.4 Å². The minimum Gasteiger partial charge on any atom is -0.269 e. The molecule has 1 N–H and O–H groups in total.